The number of anilines is 1. The van der Waals surface area contributed by atoms with Gasteiger partial charge in [0.1, 0.15) is 17.7 Å². The zero-order valence-corrected chi connectivity index (χ0v) is 11.2. The molecule has 0 unspecified atom stereocenters. The number of halogens is 1. The lowest BCUT2D eigenvalue weighted by molar-refractivity contribution is 0.631. The van der Waals surface area contributed by atoms with Crippen LogP contribution in [-0.4, -0.2) is 15.5 Å². The third-order valence-corrected chi connectivity index (χ3v) is 3.69. The van der Waals surface area contributed by atoms with E-state index in [9.17, 15) is 0 Å². The van der Waals surface area contributed by atoms with Crippen LogP contribution in [0.3, 0.4) is 0 Å². The average Bonchev–Trinajstić information content (AvgIpc) is 2.47. The summed E-state index contributed by atoms with van der Waals surface area (Å²) in [5.74, 6) is 0.906. The molecule has 0 aromatic carbocycles. The predicted octanol–water partition coefficient (Wildman–Crippen LogP) is 3.66. The van der Waals surface area contributed by atoms with Gasteiger partial charge in [0.2, 0.25) is 0 Å². The molecule has 0 radical (unpaired) electrons. The second kappa shape index (κ2) is 3.72. The second-order valence-corrected chi connectivity index (χ2v) is 6.09. The van der Waals surface area contributed by atoms with Crippen molar-refractivity contribution < 1.29 is 0 Å². The molecule has 0 spiro atoms. The number of hydrogen-bond acceptors (Lipinski definition) is 4. The molecular weight excluding hydrogens is 274 g/mol. The Morgan fingerprint density at radius 3 is 2.73 bits per heavy atom. The van der Waals surface area contributed by atoms with Crippen LogP contribution in [0, 0.1) is 0 Å². The van der Waals surface area contributed by atoms with Crippen molar-refractivity contribution in [2.45, 2.75) is 26.3 Å². The van der Waals surface area contributed by atoms with Gasteiger partial charge in [-0.25, -0.2) is 9.97 Å². The first-order valence-corrected chi connectivity index (χ1v) is 6.30. The van der Waals surface area contributed by atoms with E-state index in [1.54, 1.807) is 17.7 Å². The quantitative estimate of drug-likeness (QED) is 0.869. The molecular formula is C10H12BrN3S. The summed E-state index contributed by atoms with van der Waals surface area (Å²) in [6, 6.07) is 0. The van der Waals surface area contributed by atoms with Crippen LogP contribution in [-0.2, 0) is 0 Å². The summed E-state index contributed by atoms with van der Waals surface area (Å²) in [5.41, 5.74) is 0.985. The van der Waals surface area contributed by atoms with Gasteiger partial charge in [0.25, 0.3) is 0 Å². The predicted molar refractivity (Wildman–Crippen MR) is 68.5 cm³/mol. The average molecular weight is 286 g/mol. The zero-order chi connectivity index (χ0) is 11.1. The van der Waals surface area contributed by atoms with Gasteiger partial charge in [-0.1, -0.05) is 0 Å². The lowest BCUT2D eigenvalue weighted by Gasteiger charge is -2.21. The number of rotatable bonds is 1. The standard InChI is InChI=1S/C10H12BrN3S/c1-10(2,3)14-9-8-7(12-5-13-9)6(11)4-15-8/h4-5H,1-3H3,(H,12,13,14). The summed E-state index contributed by atoms with van der Waals surface area (Å²) in [6.07, 6.45) is 1.59. The molecule has 0 fully saturated rings. The van der Waals surface area contributed by atoms with Gasteiger partial charge in [0.15, 0.2) is 0 Å². The van der Waals surface area contributed by atoms with E-state index in [-0.39, 0.29) is 5.54 Å². The first kappa shape index (κ1) is 10.8. The SMILES string of the molecule is CC(C)(C)Nc1ncnc2c(Br)csc12. The van der Waals surface area contributed by atoms with E-state index >= 15 is 0 Å². The van der Waals surface area contributed by atoms with Crippen molar-refractivity contribution in [3.63, 3.8) is 0 Å². The van der Waals surface area contributed by atoms with Crippen molar-refractivity contribution in [2.24, 2.45) is 0 Å². The Morgan fingerprint density at radius 1 is 1.33 bits per heavy atom. The van der Waals surface area contributed by atoms with Crippen molar-refractivity contribution in [1.82, 2.24) is 9.97 Å². The van der Waals surface area contributed by atoms with Crippen molar-refractivity contribution in [1.29, 1.82) is 0 Å². The first-order chi connectivity index (χ1) is 6.97. The lowest BCUT2D eigenvalue weighted by Crippen LogP contribution is -2.26. The summed E-state index contributed by atoms with van der Waals surface area (Å²) in [5, 5.41) is 5.41. The van der Waals surface area contributed by atoms with Gasteiger partial charge in [-0.05, 0) is 36.7 Å². The molecule has 0 atom stereocenters. The molecule has 1 N–H and O–H groups in total. The van der Waals surface area contributed by atoms with Gasteiger partial charge in [-0.15, -0.1) is 11.3 Å². The van der Waals surface area contributed by atoms with E-state index in [2.05, 4.69) is 52.0 Å². The number of nitrogens with one attached hydrogen (secondary N) is 1. The second-order valence-electron chi connectivity index (χ2n) is 4.36. The number of aromatic nitrogens is 2. The molecule has 2 heterocycles. The van der Waals surface area contributed by atoms with E-state index < -0.39 is 0 Å². The molecule has 3 nitrogen and oxygen atoms in total. The molecule has 0 saturated carbocycles. The van der Waals surface area contributed by atoms with Crippen LogP contribution in [0.5, 0.6) is 0 Å². The molecule has 0 saturated heterocycles. The minimum Gasteiger partial charge on any atom is -0.364 e. The number of nitrogens with zero attached hydrogens (tertiary/aromatic N) is 2. The summed E-state index contributed by atoms with van der Waals surface area (Å²) in [7, 11) is 0. The van der Waals surface area contributed by atoms with E-state index in [0.29, 0.717) is 0 Å². The highest BCUT2D eigenvalue weighted by Gasteiger charge is 2.14. The van der Waals surface area contributed by atoms with Crippen molar-refractivity contribution in [3.8, 4) is 0 Å². The normalized spacial score (nSPS) is 12.0. The molecule has 0 aliphatic carbocycles. The monoisotopic (exact) mass is 285 g/mol. The van der Waals surface area contributed by atoms with E-state index in [4.69, 9.17) is 0 Å². The third kappa shape index (κ3) is 2.29. The van der Waals surface area contributed by atoms with Crippen LogP contribution in [0.25, 0.3) is 10.2 Å². The fourth-order valence-electron chi connectivity index (χ4n) is 1.27. The van der Waals surface area contributed by atoms with Gasteiger partial charge < -0.3 is 5.32 Å². The Kier molecular flexibility index (Phi) is 2.68. The molecule has 0 aliphatic heterocycles. The van der Waals surface area contributed by atoms with E-state index in [0.717, 1.165) is 20.5 Å². The molecule has 5 heteroatoms. The molecule has 2 aromatic rings. The van der Waals surface area contributed by atoms with Crippen molar-refractivity contribution >= 4 is 43.3 Å². The van der Waals surface area contributed by atoms with E-state index in [1.807, 2.05) is 5.38 Å². The molecule has 0 aliphatic rings. The van der Waals surface area contributed by atoms with Crippen LogP contribution < -0.4 is 5.32 Å². The number of thiophene rings is 1. The minimum absolute atomic E-state index is 0.0117. The molecule has 15 heavy (non-hydrogen) atoms. The number of fused-ring (bicyclic) bond motifs is 1. The smallest absolute Gasteiger partial charge is 0.147 e. The summed E-state index contributed by atoms with van der Waals surface area (Å²) >= 11 is 5.12. The van der Waals surface area contributed by atoms with Crippen molar-refractivity contribution in [2.75, 3.05) is 5.32 Å². The topological polar surface area (TPSA) is 37.8 Å². The maximum Gasteiger partial charge on any atom is 0.147 e. The fourth-order valence-corrected chi connectivity index (χ4v) is 2.80. The summed E-state index contributed by atoms with van der Waals surface area (Å²) in [4.78, 5) is 8.52. The van der Waals surface area contributed by atoms with Crippen LogP contribution in [0.15, 0.2) is 16.2 Å². The maximum absolute atomic E-state index is 4.27. The molecule has 80 valence electrons. The van der Waals surface area contributed by atoms with Crippen LogP contribution in [0.1, 0.15) is 20.8 Å². The first-order valence-electron chi connectivity index (χ1n) is 4.63. The molecule has 0 bridgehead atoms. The molecule has 2 rings (SSSR count). The van der Waals surface area contributed by atoms with Gasteiger partial charge >= 0.3 is 0 Å². The van der Waals surface area contributed by atoms with Crippen molar-refractivity contribution in [3.05, 3.63) is 16.2 Å². The summed E-state index contributed by atoms with van der Waals surface area (Å²) < 4.78 is 2.13. The van der Waals surface area contributed by atoms with Crippen LogP contribution in [0.2, 0.25) is 0 Å². The van der Waals surface area contributed by atoms with Gasteiger partial charge in [0, 0.05) is 10.9 Å². The zero-order valence-electron chi connectivity index (χ0n) is 8.84. The summed E-state index contributed by atoms with van der Waals surface area (Å²) in [6.45, 7) is 6.34. The Hall–Kier alpha value is -0.680. The van der Waals surface area contributed by atoms with Crippen LogP contribution >= 0.6 is 27.3 Å². The van der Waals surface area contributed by atoms with Gasteiger partial charge in [-0.2, -0.15) is 0 Å². The Bertz CT molecular complexity index is 487. The highest BCUT2D eigenvalue weighted by Crippen LogP contribution is 2.33. The highest BCUT2D eigenvalue weighted by atomic mass is 79.9. The van der Waals surface area contributed by atoms with E-state index in [1.165, 1.54) is 0 Å². The maximum atomic E-state index is 4.27. The fraction of sp³-hybridized carbons (Fsp3) is 0.400. The third-order valence-electron chi connectivity index (χ3n) is 1.80. The van der Waals surface area contributed by atoms with Crippen LogP contribution in [0.4, 0.5) is 5.82 Å². The number of hydrogen-bond donors (Lipinski definition) is 1. The molecule has 0 amide bonds. The Labute approximate surface area is 101 Å². The Morgan fingerprint density at radius 2 is 2.07 bits per heavy atom. The highest BCUT2D eigenvalue weighted by molar-refractivity contribution is 9.10. The lowest BCUT2D eigenvalue weighted by atomic mass is 10.1. The van der Waals surface area contributed by atoms with Gasteiger partial charge in [-0.3, -0.25) is 0 Å². The Balaban J connectivity index is 2.52. The van der Waals surface area contributed by atoms with Gasteiger partial charge in [0.05, 0.1) is 9.17 Å². The largest absolute Gasteiger partial charge is 0.364 e. The minimum atomic E-state index is 0.0117. The molecule has 2 aromatic heterocycles.